The van der Waals surface area contributed by atoms with Gasteiger partial charge in [-0.25, -0.2) is 0 Å². The van der Waals surface area contributed by atoms with Crippen LogP contribution in [0.25, 0.3) is 0 Å². The Morgan fingerprint density at radius 2 is 1.94 bits per heavy atom. The van der Waals surface area contributed by atoms with Crippen molar-refractivity contribution in [2.75, 3.05) is 0 Å². The third-order valence-corrected chi connectivity index (χ3v) is 2.01. The summed E-state index contributed by atoms with van der Waals surface area (Å²) in [7, 11) is 0. The van der Waals surface area contributed by atoms with Gasteiger partial charge in [-0.1, -0.05) is 37.8 Å². The summed E-state index contributed by atoms with van der Waals surface area (Å²) in [6.07, 6.45) is 1.98. The minimum Gasteiger partial charge on any atom is -0.481 e. The summed E-state index contributed by atoms with van der Waals surface area (Å²) >= 11 is 0. The summed E-state index contributed by atoms with van der Waals surface area (Å²) < 4.78 is 0. The number of rotatable bonds is 3. The van der Waals surface area contributed by atoms with Crippen molar-refractivity contribution in [1.29, 1.82) is 0 Å². The highest BCUT2D eigenvalue weighted by Gasteiger charge is 2.01. The number of carbonyl (C=O) groups is 1. The average Bonchev–Trinajstić information content (AvgIpc) is 2.29. The van der Waals surface area contributed by atoms with Gasteiger partial charge in [0.2, 0.25) is 0 Å². The first-order valence-corrected chi connectivity index (χ1v) is 5.33. The largest absolute Gasteiger partial charge is 0.481 e. The van der Waals surface area contributed by atoms with E-state index in [0.29, 0.717) is 0 Å². The standard InChI is InChI=1S/C12H14O.C2H4O2/c1-3-5-12(13)11-8-6-10(4-2)7-9-11;1-2(3)4/h5-9,12-13H,1,4H2,2H3;1H3,(H,3,4). The van der Waals surface area contributed by atoms with E-state index in [9.17, 15) is 5.11 Å². The van der Waals surface area contributed by atoms with Crippen LogP contribution < -0.4 is 0 Å². The first-order valence-electron chi connectivity index (χ1n) is 5.33. The predicted octanol–water partition coefficient (Wildman–Crippen LogP) is 2.71. The molecule has 0 spiro atoms. The highest BCUT2D eigenvalue weighted by atomic mass is 16.4. The summed E-state index contributed by atoms with van der Waals surface area (Å²) in [5, 5.41) is 16.9. The number of hydrogen-bond acceptors (Lipinski definition) is 2. The van der Waals surface area contributed by atoms with Crippen molar-refractivity contribution >= 4 is 5.97 Å². The first kappa shape index (κ1) is 15.2. The highest BCUT2D eigenvalue weighted by molar-refractivity contribution is 5.62. The Bertz CT molecular complexity index is 382. The molecule has 1 aromatic rings. The van der Waals surface area contributed by atoms with E-state index in [0.717, 1.165) is 18.9 Å². The third-order valence-electron chi connectivity index (χ3n) is 2.01. The zero-order valence-electron chi connectivity index (χ0n) is 10.2. The molecule has 0 fully saturated rings. The maximum absolute atomic E-state index is 9.53. The number of aryl methyl sites for hydroxylation is 1. The lowest BCUT2D eigenvalue weighted by Gasteiger charge is -2.05. The van der Waals surface area contributed by atoms with Crippen molar-refractivity contribution in [3.05, 3.63) is 53.8 Å². The van der Waals surface area contributed by atoms with Crippen molar-refractivity contribution in [1.82, 2.24) is 0 Å². The number of carboxylic acid groups (broad SMARTS) is 1. The van der Waals surface area contributed by atoms with Crippen LogP contribution in [0, 0.1) is 0 Å². The van der Waals surface area contributed by atoms with Crippen LogP contribution in [0.15, 0.2) is 42.7 Å². The number of aliphatic hydroxyl groups is 1. The van der Waals surface area contributed by atoms with Crippen LogP contribution in [0.4, 0.5) is 0 Å². The molecule has 1 unspecified atom stereocenters. The van der Waals surface area contributed by atoms with E-state index < -0.39 is 12.1 Å². The van der Waals surface area contributed by atoms with Gasteiger partial charge in [-0.3, -0.25) is 4.79 Å². The molecule has 0 aliphatic heterocycles. The summed E-state index contributed by atoms with van der Waals surface area (Å²) in [5.41, 5.74) is 4.73. The molecule has 0 aromatic heterocycles. The second-order valence-corrected chi connectivity index (χ2v) is 3.43. The monoisotopic (exact) mass is 234 g/mol. The van der Waals surface area contributed by atoms with E-state index in [1.807, 2.05) is 24.3 Å². The van der Waals surface area contributed by atoms with Gasteiger partial charge in [0.05, 0.1) is 0 Å². The second-order valence-electron chi connectivity index (χ2n) is 3.43. The molecule has 0 saturated heterocycles. The number of carboxylic acids is 1. The second kappa shape index (κ2) is 8.34. The van der Waals surface area contributed by atoms with Crippen LogP contribution in [0.2, 0.25) is 0 Å². The molecule has 0 aliphatic carbocycles. The van der Waals surface area contributed by atoms with Crippen LogP contribution >= 0.6 is 0 Å². The molecule has 3 nitrogen and oxygen atoms in total. The van der Waals surface area contributed by atoms with Gasteiger partial charge in [0.1, 0.15) is 6.10 Å². The normalized spacial score (nSPS) is 10.5. The molecule has 0 bridgehead atoms. The Balaban J connectivity index is 0.000000557. The molecular formula is C14H18O3. The van der Waals surface area contributed by atoms with Crippen LogP contribution in [-0.4, -0.2) is 16.2 Å². The zero-order chi connectivity index (χ0) is 13.3. The van der Waals surface area contributed by atoms with Crippen LogP contribution in [0.5, 0.6) is 0 Å². The molecule has 1 atom stereocenters. The fourth-order valence-corrected chi connectivity index (χ4v) is 1.16. The summed E-state index contributed by atoms with van der Waals surface area (Å²) in [6.45, 7) is 6.61. The smallest absolute Gasteiger partial charge is 0.300 e. The topological polar surface area (TPSA) is 57.5 Å². The zero-order valence-corrected chi connectivity index (χ0v) is 10.2. The summed E-state index contributed by atoms with van der Waals surface area (Å²) in [4.78, 5) is 9.00. The molecule has 17 heavy (non-hydrogen) atoms. The molecule has 1 rings (SSSR count). The predicted molar refractivity (Wildman–Crippen MR) is 67.8 cm³/mol. The van der Waals surface area contributed by atoms with Crippen molar-refractivity contribution in [2.24, 2.45) is 0 Å². The third kappa shape index (κ3) is 7.12. The van der Waals surface area contributed by atoms with Gasteiger partial charge in [-0.15, -0.1) is 5.73 Å². The van der Waals surface area contributed by atoms with Gasteiger partial charge in [0.25, 0.3) is 5.97 Å². The molecule has 0 radical (unpaired) electrons. The van der Waals surface area contributed by atoms with E-state index in [1.54, 1.807) is 6.08 Å². The lowest BCUT2D eigenvalue weighted by Crippen LogP contribution is -1.92. The fraction of sp³-hybridized carbons (Fsp3) is 0.286. The minimum atomic E-state index is -0.833. The van der Waals surface area contributed by atoms with Crippen LogP contribution in [0.1, 0.15) is 31.1 Å². The number of benzene rings is 1. The Labute approximate surface area is 102 Å². The van der Waals surface area contributed by atoms with E-state index in [2.05, 4.69) is 19.2 Å². The van der Waals surface area contributed by atoms with E-state index >= 15 is 0 Å². The highest BCUT2D eigenvalue weighted by Crippen LogP contribution is 2.14. The number of hydrogen-bond donors (Lipinski definition) is 2. The summed E-state index contributed by atoms with van der Waals surface area (Å²) in [6, 6.07) is 7.90. The van der Waals surface area contributed by atoms with Gasteiger partial charge in [0, 0.05) is 6.92 Å². The van der Waals surface area contributed by atoms with Crippen molar-refractivity contribution < 1.29 is 15.0 Å². The Morgan fingerprint density at radius 3 is 2.29 bits per heavy atom. The van der Waals surface area contributed by atoms with Gasteiger partial charge in [-0.05, 0) is 23.6 Å². The van der Waals surface area contributed by atoms with Gasteiger partial charge in [0.15, 0.2) is 0 Å². The molecule has 0 aliphatic rings. The van der Waals surface area contributed by atoms with Crippen molar-refractivity contribution in [2.45, 2.75) is 26.4 Å². The lowest BCUT2D eigenvalue weighted by atomic mass is 10.1. The molecule has 2 N–H and O–H groups in total. The van der Waals surface area contributed by atoms with Crippen LogP contribution in [-0.2, 0) is 11.2 Å². The maximum atomic E-state index is 9.53. The molecule has 92 valence electrons. The molecule has 0 heterocycles. The van der Waals surface area contributed by atoms with E-state index in [-0.39, 0.29) is 0 Å². The molecular weight excluding hydrogens is 216 g/mol. The molecule has 1 aromatic carbocycles. The Kier molecular flexibility index (Phi) is 7.44. The van der Waals surface area contributed by atoms with Crippen LogP contribution in [0.3, 0.4) is 0 Å². The lowest BCUT2D eigenvalue weighted by molar-refractivity contribution is -0.134. The molecule has 0 saturated carbocycles. The minimum absolute atomic E-state index is 0.580. The Morgan fingerprint density at radius 1 is 1.47 bits per heavy atom. The maximum Gasteiger partial charge on any atom is 0.300 e. The number of aliphatic hydroxyl groups excluding tert-OH is 1. The van der Waals surface area contributed by atoms with Crippen molar-refractivity contribution in [3.63, 3.8) is 0 Å². The SMILES string of the molecule is C=C=CC(O)c1ccc(CC)cc1.CC(=O)O. The average molecular weight is 234 g/mol. The summed E-state index contributed by atoms with van der Waals surface area (Å²) in [5.74, 6) is -0.833. The quantitative estimate of drug-likeness (QED) is 0.790. The molecule has 0 amide bonds. The first-order chi connectivity index (χ1) is 8.01. The fourth-order valence-electron chi connectivity index (χ4n) is 1.16. The van der Waals surface area contributed by atoms with Gasteiger partial charge >= 0.3 is 0 Å². The Hall–Kier alpha value is -1.83. The number of aliphatic carboxylic acids is 1. The van der Waals surface area contributed by atoms with Gasteiger partial charge < -0.3 is 10.2 Å². The van der Waals surface area contributed by atoms with Gasteiger partial charge in [-0.2, -0.15) is 0 Å². The molecule has 3 heteroatoms. The van der Waals surface area contributed by atoms with Crippen molar-refractivity contribution in [3.8, 4) is 0 Å². The van der Waals surface area contributed by atoms with E-state index in [4.69, 9.17) is 9.90 Å². The van der Waals surface area contributed by atoms with E-state index in [1.165, 1.54) is 5.56 Å².